The quantitative estimate of drug-likeness (QED) is 0.626. The van der Waals surface area contributed by atoms with E-state index in [9.17, 15) is 4.79 Å². The summed E-state index contributed by atoms with van der Waals surface area (Å²) in [6.45, 7) is 1.25. The highest BCUT2D eigenvalue weighted by Crippen LogP contribution is 2.32. The van der Waals surface area contributed by atoms with Crippen molar-refractivity contribution in [1.82, 2.24) is 5.32 Å². The van der Waals surface area contributed by atoms with Crippen molar-refractivity contribution in [2.45, 2.75) is 26.0 Å². The van der Waals surface area contributed by atoms with Crippen molar-refractivity contribution in [3.63, 3.8) is 0 Å². The van der Waals surface area contributed by atoms with Crippen molar-refractivity contribution in [3.8, 4) is 17.2 Å². The zero-order chi connectivity index (χ0) is 19.9. The molecule has 1 heterocycles. The molecule has 0 bridgehead atoms. The van der Waals surface area contributed by atoms with Gasteiger partial charge in [-0.3, -0.25) is 4.79 Å². The standard InChI is InChI=1S/C24H23NO4/c26-24(12-10-18-9-11-22-23(14-18)29-17-28-22)25-15-20-7-4-8-21(13-20)27-16-19-5-2-1-3-6-19/h1-9,11,13-14H,10,12,15-17H2,(H,25,26). The second kappa shape index (κ2) is 9.15. The second-order valence-electron chi connectivity index (χ2n) is 6.89. The Hall–Kier alpha value is -3.47. The van der Waals surface area contributed by atoms with Crippen LogP contribution in [0.4, 0.5) is 0 Å². The zero-order valence-corrected chi connectivity index (χ0v) is 16.1. The highest BCUT2D eigenvalue weighted by Gasteiger charge is 2.13. The van der Waals surface area contributed by atoms with Gasteiger partial charge in [0, 0.05) is 13.0 Å². The Kier molecular flexibility index (Phi) is 5.95. The van der Waals surface area contributed by atoms with Crippen LogP contribution in [0.3, 0.4) is 0 Å². The predicted molar refractivity (Wildman–Crippen MR) is 110 cm³/mol. The van der Waals surface area contributed by atoms with Gasteiger partial charge in [0.1, 0.15) is 12.4 Å². The summed E-state index contributed by atoms with van der Waals surface area (Å²) in [5, 5.41) is 2.97. The highest BCUT2D eigenvalue weighted by atomic mass is 16.7. The van der Waals surface area contributed by atoms with E-state index in [1.54, 1.807) is 0 Å². The molecule has 0 unspecified atom stereocenters. The maximum Gasteiger partial charge on any atom is 0.231 e. The number of carbonyl (C=O) groups excluding carboxylic acids is 1. The summed E-state index contributed by atoms with van der Waals surface area (Å²) in [6.07, 6.45) is 1.08. The molecule has 0 fully saturated rings. The molecule has 0 radical (unpaired) electrons. The fourth-order valence-electron chi connectivity index (χ4n) is 3.13. The van der Waals surface area contributed by atoms with E-state index >= 15 is 0 Å². The van der Waals surface area contributed by atoms with Gasteiger partial charge in [0.15, 0.2) is 11.5 Å². The molecule has 5 heteroatoms. The number of amides is 1. The van der Waals surface area contributed by atoms with Crippen LogP contribution in [-0.4, -0.2) is 12.7 Å². The summed E-state index contributed by atoms with van der Waals surface area (Å²) < 4.78 is 16.5. The number of benzene rings is 3. The first-order chi connectivity index (χ1) is 14.3. The summed E-state index contributed by atoms with van der Waals surface area (Å²) in [7, 11) is 0. The van der Waals surface area contributed by atoms with Crippen molar-refractivity contribution < 1.29 is 19.0 Å². The Morgan fingerprint density at radius 3 is 2.59 bits per heavy atom. The number of nitrogens with one attached hydrogen (secondary N) is 1. The van der Waals surface area contributed by atoms with E-state index in [1.165, 1.54) is 0 Å². The normalized spacial score (nSPS) is 11.9. The summed E-state index contributed by atoms with van der Waals surface area (Å²) in [6, 6.07) is 23.6. The average molecular weight is 389 g/mol. The molecule has 3 aromatic rings. The van der Waals surface area contributed by atoms with Crippen molar-refractivity contribution >= 4 is 5.91 Å². The van der Waals surface area contributed by atoms with E-state index in [2.05, 4.69) is 5.32 Å². The minimum absolute atomic E-state index is 0.0123. The molecule has 3 aromatic carbocycles. The second-order valence-corrected chi connectivity index (χ2v) is 6.89. The molecule has 5 nitrogen and oxygen atoms in total. The molecular weight excluding hydrogens is 366 g/mol. The van der Waals surface area contributed by atoms with E-state index < -0.39 is 0 Å². The van der Waals surface area contributed by atoms with Gasteiger partial charge in [0.05, 0.1) is 0 Å². The van der Waals surface area contributed by atoms with Gasteiger partial charge in [0.2, 0.25) is 12.7 Å². The summed E-state index contributed by atoms with van der Waals surface area (Å²) >= 11 is 0. The number of aryl methyl sites for hydroxylation is 1. The first-order valence-electron chi connectivity index (χ1n) is 9.67. The molecule has 0 aromatic heterocycles. The maximum atomic E-state index is 12.2. The van der Waals surface area contributed by atoms with Gasteiger partial charge in [-0.2, -0.15) is 0 Å². The van der Waals surface area contributed by atoms with Gasteiger partial charge in [0.25, 0.3) is 0 Å². The lowest BCUT2D eigenvalue weighted by atomic mass is 10.1. The first-order valence-corrected chi connectivity index (χ1v) is 9.67. The molecule has 1 aliphatic rings. The van der Waals surface area contributed by atoms with Crippen LogP contribution in [0.1, 0.15) is 23.1 Å². The Labute approximate surface area is 170 Å². The van der Waals surface area contributed by atoms with Crippen molar-refractivity contribution in [1.29, 1.82) is 0 Å². The molecule has 4 rings (SSSR count). The molecule has 1 amide bonds. The van der Waals surface area contributed by atoms with Crippen molar-refractivity contribution in [3.05, 3.63) is 89.5 Å². The Morgan fingerprint density at radius 2 is 1.69 bits per heavy atom. The third kappa shape index (κ3) is 5.29. The summed E-state index contributed by atoms with van der Waals surface area (Å²) in [5.74, 6) is 2.31. The van der Waals surface area contributed by atoms with Gasteiger partial charge in [-0.1, -0.05) is 48.5 Å². The van der Waals surface area contributed by atoms with Crippen LogP contribution in [0.2, 0.25) is 0 Å². The lowest BCUT2D eigenvalue weighted by molar-refractivity contribution is -0.121. The smallest absolute Gasteiger partial charge is 0.231 e. The maximum absolute atomic E-state index is 12.2. The zero-order valence-electron chi connectivity index (χ0n) is 16.1. The van der Waals surface area contributed by atoms with Crippen LogP contribution < -0.4 is 19.5 Å². The molecule has 1 N–H and O–H groups in total. The van der Waals surface area contributed by atoms with Crippen LogP contribution in [0.15, 0.2) is 72.8 Å². The number of hydrogen-bond acceptors (Lipinski definition) is 4. The van der Waals surface area contributed by atoms with Gasteiger partial charge in [-0.05, 0) is 47.4 Å². The third-order valence-corrected chi connectivity index (χ3v) is 4.71. The van der Waals surface area contributed by atoms with Crippen LogP contribution >= 0.6 is 0 Å². The van der Waals surface area contributed by atoms with Crippen LogP contribution in [0.5, 0.6) is 17.2 Å². The topological polar surface area (TPSA) is 56.8 Å². The average Bonchev–Trinajstić information content (AvgIpc) is 3.24. The number of rotatable bonds is 8. The monoisotopic (exact) mass is 389 g/mol. The fraction of sp³-hybridized carbons (Fsp3) is 0.208. The molecule has 29 heavy (non-hydrogen) atoms. The minimum atomic E-state index is 0.0123. The van der Waals surface area contributed by atoms with Crippen LogP contribution in [0.25, 0.3) is 0 Å². The highest BCUT2D eigenvalue weighted by molar-refractivity contribution is 5.76. The Bertz CT molecular complexity index is 972. The van der Waals surface area contributed by atoms with E-state index in [4.69, 9.17) is 14.2 Å². The third-order valence-electron chi connectivity index (χ3n) is 4.71. The van der Waals surface area contributed by atoms with Crippen LogP contribution in [-0.2, 0) is 24.4 Å². The SMILES string of the molecule is O=C(CCc1ccc2c(c1)OCO2)NCc1cccc(OCc2ccccc2)c1. The van der Waals surface area contributed by atoms with E-state index in [-0.39, 0.29) is 12.7 Å². The van der Waals surface area contributed by atoms with Gasteiger partial charge < -0.3 is 19.5 Å². The van der Waals surface area contributed by atoms with Crippen LogP contribution in [0, 0.1) is 0 Å². The van der Waals surface area contributed by atoms with E-state index in [1.807, 2.05) is 72.8 Å². The summed E-state index contributed by atoms with van der Waals surface area (Å²) in [5.41, 5.74) is 3.18. The Balaban J connectivity index is 1.23. The molecule has 148 valence electrons. The largest absolute Gasteiger partial charge is 0.489 e. The number of ether oxygens (including phenoxy) is 3. The van der Waals surface area contributed by atoms with Gasteiger partial charge in [-0.15, -0.1) is 0 Å². The van der Waals surface area contributed by atoms with E-state index in [0.29, 0.717) is 26.0 Å². The number of hydrogen-bond donors (Lipinski definition) is 1. The summed E-state index contributed by atoms with van der Waals surface area (Å²) in [4.78, 5) is 12.2. The molecule has 0 aliphatic carbocycles. The Morgan fingerprint density at radius 1 is 0.862 bits per heavy atom. The molecule has 0 spiro atoms. The lowest BCUT2D eigenvalue weighted by Crippen LogP contribution is -2.23. The van der Waals surface area contributed by atoms with Gasteiger partial charge in [-0.25, -0.2) is 0 Å². The fourth-order valence-corrected chi connectivity index (χ4v) is 3.13. The van der Waals surface area contributed by atoms with Crippen molar-refractivity contribution in [2.75, 3.05) is 6.79 Å². The minimum Gasteiger partial charge on any atom is -0.489 e. The van der Waals surface area contributed by atoms with E-state index in [0.717, 1.165) is 33.9 Å². The molecular formula is C24H23NO4. The molecule has 0 saturated carbocycles. The number of carbonyl (C=O) groups is 1. The first kappa shape index (κ1) is 18.9. The van der Waals surface area contributed by atoms with Gasteiger partial charge >= 0.3 is 0 Å². The molecule has 1 aliphatic heterocycles. The number of fused-ring (bicyclic) bond motifs is 1. The molecule has 0 atom stereocenters. The predicted octanol–water partition coefficient (Wildman–Crippen LogP) is 4.24. The lowest BCUT2D eigenvalue weighted by Gasteiger charge is -2.09. The van der Waals surface area contributed by atoms with Crippen molar-refractivity contribution in [2.24, 2.45) is 0 Å². The molecule has 0 saturated heterocycles.